The van der Waals surface area contributed by atoms with E-state index < -0.39 is 11.6 Å². The lowest BCUT2D eigenvalue weighted by atomic mass is 9.90. The Bertz CT molecular complexity index is 1050. The number of aliphatic imine (C=N–C) groups is 1. The molecule has 3 N–H and O–H groups in total. The number of morpholine rings is 1. The molecule has 1 saturated heterocycles. The molecule has 1 fully saturated rings. The monoisotopic (exact) mass is 426 g/mol. The first-order chi connectivity index (χ1) is 15.1. The fraction of sp³-hybridized carbons (Fsp3) is 0.304. The van der Waals surface area contributed by atoms with Crippen molar-refractivity contribution >= 4 is 17.7 Å². The minimum Gasteiger partial charge on any atom is -0.404 e. The zero-order valence-electron chi connectivity index (χ0n) is 17.0. The predicted molar refractivity (Wildman–Crippen MR) is 116 cm³/mol. The van der Waals surface area contributed by atoms with Crippen LogP contribution in [0.1, 0.15) is 21.5 Å². The number of carbonyl (C=O) groups excluding carboxylic acids is 1. The number of nitrogens with one attached hydrogen (secondary N) is 1. The van der Waals surface area contributed by atoms with E-state index in [1.165, 1.54) is 18.3 Å². The molecule has 0 saturated carbocycles. The van der Waals surface area contributed by atoms with Crippen molar-refractivity contribution in [2.24, 2.45) is 10.7 Å². The number of fused-ring (bicyclic) bond motifs is 1. The lowest BCUT2D eigenvalue weighted by Crippen LogP contribution is -2.37. The number of carbonyl (C=O) groups is 1. The van der Waals surface area contributed by atoms with Gasteiger partial charge in [-0.1, -0.05) is 0 Å². The quantitative estimate of drug-likeness (QED) is 0.696. The van der Waals surface area contributed by atoms with E-state index in [1.54, 1.807) is 12.3 Å². The molecule has 2 aromatic rings. The van der Waals surface area contributed by atoms with E-state index in [2.05, 4.69) is 15.2 Å². The lowest BCUT2D eigenvalue weighted by Gasteiger charge is -2.25. The number of hydrogen-bond acceptors (Lipinski definition) is 5. The van der Waals surface area contributed by atoms with Gasteiger partial charge in [0.1, 0.15) is 11.6 Å². The Labute approximate surface area is 179 Å². The number of allylic oxidation sites excluding steroid dienone is 1. The summed E-state index contributed by atoms with van der Waals surface area (Å²) in [6, 6.07) is 6.84. The van der Waals surface area contributed by atoms with Gasteiger partial charge in [-0.05, 0) is 41.0 Å². The summed E-state index contributed by atoms with van der Waals surface area (Å²) in [4.78, 5) is 18.9. The fourth-order valence-corrected chi connectivity index (χ4v) is 3.83. The average molecular weight is 426 g/mol. The molecule has 31 heavy (non-hydrogen) atoms. The van der Waals surface area contributed by atoms with Crippen LogP contribution in [0.4, 0.5) is 8.78 Å². The SMILES string of the molecule is N/C=C(\C=NCCN1CCOCC1)c1cc2c(cc1-c1ccc(F)cc1F)C(=O)NC2. The third-order valence-corrected chi connectivity index (χ3v) is 5.52. The van der Waals surface area contributed by atoms with E-state index in [4.69, 9.17) is 10.5 Å². The number of amides is 1. The Morgan fingerprint density at radius 3 is 2.71 bits per heavy atom. The summed E-state index contributed by atoms with van der Waals surface area (Å²) in [6.07, 6.45) is 3.08. The molecule has 0 aromatic heterocycles. The Balaban J connectivity index is 1.65. The van der Waals surface area contributed by atoms with E-state index in [0.717, 1.165) is 44.5 Å². The van der Waals surface area contributed by atoms with Crippen LogP contribution in [0, 0.1) is 11.6 Å². The second kappa shape index (κ2) is 9.36. The summed E-state index contributed by atoms with van der Waals surface area (Å²) in [5, 5.41) is 2.77. The van der Waals surface area contributed by atoms with Gasteiger partial charge in [-0.2, -0.15) is 0 Å². The molecule has 0 aliphatic carbocycles. The van der Waals surface area contributed by atoms with Crippen molar-refractivity contribution < 1.29 is 18.3 Å². The zero-order valence-corrected chi connectivity index (χ0v) is 17.0. The van der Waals surface area contributed by atoms with Crippen LogP contribution in [0.3, 0.4) is 0 Å². The third-order valence-electron chi connectivity index (χ3n) is 5.52. The molecule has 0 atom stereocenters. The van der Waals surface area contributed by atoms with Gasteiger partial charge < -0.3 is 15.8 Å². The van der Waals surface area contributed by atoms with Gasteiger partial charge >= 0.3 is 0 Å². The van der Waals surface area contributed by atoms with Crippen molar-refractivity contribution in [1.29, 1.82) is 0 Å². The maximum Gasteiger partial charge on any atom is 0.251 e. The molecule has 0 unspecified atom stereocenters. The minimum absolute atomic E-state index is 0.194. The summed E-state index contributed by atoms with van der Waals surface area (Å²) >= 11 is 0. The van der Waals surface area contributed by atoms with Crippen molar-refractivity contribution in [2.45, 2.75) is 6.54 Å². The van der Waals surface area contributed by atoms with Crippen LogP contribution in [0.15, 0.2) is 41.5 Å². The van der Waals surface area contributed by atoms with Crippen LogP contribution >= 0.6 is 0 Å². The Kier molecular flexibility index (Phi) is 6.39. The molecule has 8 heteroatoms. The van der Waals surface area contributed by atoms with Gasteiger partial charge in [0.25, 0.3) is 5.91 Å². The van der Waals surface area contributed by atoms with Gasteiger partial charge in [0, 0.05) is 61.4 Å². The molecule has 4 rings (SSSR count). The van der Waals surface area contributed by atoms with Crippen molar-refractivity contribution in [1.82, 2.24) is 10.2 Å². The third kappa shape index (κ3) is 4.65. The summed E-state index contributed by atoms with van der Waals surface area (Å²) in [5.41, 5.74) is 9.06. The van der Waals surface area contributed by atoms with Crippen LogP contribution in [0.25, 0.3) is 16.7 Å². The number of ether oxygens (including phenoxy) is 1. The van der Waals surface area contributed by atoms with Crippen LogP contribution in [-0.2, 0) is 11.3 Å². The summed E-state index contributed by atoms with van der Waals surface area (Å²) in [5.74, 6) is -1.59. The smallest absolute Gasteiger partial charge is 0.251 e. The molecule has 2 aromatic carbocycles. The van der Waals surface area contributed by atoms with Crippen molar-refractivity contribution in [3.63, 3.8) is 0 Å². The first kappa shape index (κ1) is 21.1. The molecule has 0 radical (unpaired) electrons. The van der Waals surface area contributed by atoms with E-state index in [9.17, 15) is 13.6 Å². The van der Waals surface area contributed by atoms with Gasteiger partial charge in [-0.15, -0.1) is 0 Å². The average Bonchev–Trinajstić information content (AvgIpc) is 3.14. The highest BCUT2D eigenvalue weighted by atomic mass is 19.1. The first-order valence-corrected chi connectivity index (χ1v) is 10.2. The second-order valence-corrected chi connectivity index (χ2v) is 7.47. The molecule has 1 amide bonds. The van der Waals surface area contributed by atoms with Crippen LogP contribution < -0.4 is 11.1 Å². The van der Waals surface area contributed by atoms with E-state index in [1.807, 2.05) is 6.07 Å². The summed E-state index contributed by atoms with van der Waals surface area (Å²) in [7, 11) is 0. The predicted octanol–water partition coefficient (Wildman–Crippen LogP) is 2.58. The highest BCUT2D eigenvalue weighted by molar-refractivity contribution is 6.13. The number of benzene rings is 2. The Morgan fingerprint density at radius 1 is 1.16 bits per heavy atom. The van der Waals surface area contributed by atoms with Gasteiger partial charge in [0.15, 0.2) is 0 Å². The molecule has 162 valence electrons. The number of nitrogens with two attached hydrogens (primary N) is 1. The second-order valence-electron chi connectivity index (χ2n) is 7.47. The number of nitrogens with zero attached hydrogens (tertiary/aromatic N) is 2. The molecule has 0 bridgehead atoms. The van der Waals surface area contributed by atoms with Crippen molar-refractivity contribution in [3.05, 3.63) is 64.9 Å². The minimum atomic E-state index is -0.708. The Hall–Kier alpha value is -3.10. The van der Waals surface area contributed by atoms with Crippen LogP contribution in [0.2, 0.25) is 0 Å². The highest BCUT2D eigenvalue weighted by Crippen LogP contribution is 2.34. The van der Waals surface area contributed by atoms with Gasteiger partial charge in [-0.3, -0.25) is 14.7 Å². The van der Waals surface area contributed by atoms with E-state index in [0.29, 0.717) is 35.4 Å². The normalized spacial score (nSPS) is 17.2. The van der Waals surface area contributed by atoms with Gasteiger partial charge in [0.05, 0.1) is 19.8 Å². The molecule has 2 heterocycles. The topological polar surface area (TPSA) is 79.9 Å². The summed E-state index contributed by atoms with van der Waals surface area (Å²) < 4.78 is 33.4. The maximum atomic E-state index is 14.6. The van der Waals surface area contributed by atoms with Crippen molar-refractivity contribution in [3.8, 4) is 11.1 Å². The van der Waals surface area contributed by atoms with E-state index >= 15 is 0 Å². The van der Waals surface area contributed by atoms with Crippen molar-refractivity contribution in [2.75, 3.05) is 39.4 Å². The largest absolute Gasteiger partial charge is 0.404 e. The standard InChI is InChI=1S/C23H24F2N4O2/c24-17-1-2-18(22(25)10-17)21-11-20-15(14-28-23(20)30)9-19(21)16(12-26)13-27-3-4-29-5-7-31-8-6-29/h1-2,9-13H,3-8,14,26H2,(H,28,30)/b16-12+,27-13?. The fourth-order valence-electron chi connectivity index (χ4n) is 3.83. The molecular formula is C23H24F2N4O2. The van der Waals surface area contributed by atoms with Crippen LogP contribution in [-0.4, -0.2) is 56.4 Å². The molecule has 2 aliphatic heterocycles. The Morgan fingerprint density at radius 2 is 1.97 bits per heavy atom. The highest BCUT2D eigenvalue weighted by Gasteiger charge is 2.23. The number of rotatable bonds is 6. The molecular weight excluding hydrogens is 402 g/mol. The van der Waals surface area contributed by atoms with Crippen LogP contribution in [0.5, 0.6) is 0 Å². The van der Waals surface area contributed by atoms with Gasteiger partial charge in [0.2, 0.25) is 0 Å². The molecule has 6 nitrogen and oxygen atoms in total. The van der Waals surface area contributed by atoms with E-state index in [-0.39, 0.29) is 11.5 Å². The lowest BCUT2D eigenvalue weighted by molar-refractivity contribution is 0.0395. The zero-order chi connectivity index (χ0) is 21.8. The number of halogens is 2. The van der Waals surface area contributed by atoms with Gasteiger partial charge in [-0.25, -0.2) is 8.78 Å². The first-order valence-electron chi connectivity index (χ1n) is 10.2. The summed E-state index contributed by atoms with van der Waals surface area (Å²) in [6.45, 7) is 5.00. The maximum absolute atomic E-state index is 14.6. The number of hydrogen-bond donors (Lipinski definition) is 2. The molecule has 2 aliphatic rings. The molecule has 0 spiro atoms.